The minimum Gasteiger partial charge on any atom is -0.494 e. The molecule has 0 saturated carbocycles. The molecule has 0 bridgehead atoms. The Morgan fingerprint density at radius 3 is 2.58 bits per heavy atom. The van der Waals surface area contributed by atoms with Gasteiger partial charge >= 0.3 is 5.97 Å². The molecule has 0 saturated heterocycles. The maximum Gasteiger partial charge on any atom is 0.338 e. The lowest BCUT2D eigenvalue weighted by atomic mass is 9.95. The van der Waals surface area contributed by atoms with Crippen molar-refractivity contribution < 1.29 is 23.8 Å². The number of allylic oxidation sites excluding steroid dienone is 1. The van der Waals surface area contributed by atoms with E-state index in [9.17, 15) is 9.59 Å². The van der Waals surface area contributed by atoms with Crippen LogP contribution < -0.4 is 25.5 Å². The Hall–Kier alpha value is -2.96. The number of esters is 1. The number of nitrogens with one attached hydrogen (secondary N) is 3. The van der Waals surface area contributed by atoms with Gasteiger partial charge in [0.2, 0.25) is 0 Å². The van der Waals surface area contributed by atoms with Gasteiger partial charge in [0.15, 0.2) is 11.7 Å². The van der Waals surface area contributed by atoms with E-state index in [4.69, 9.17) is 26.4 Å². The van der Waals surface area contributed by atoms with Crippen LogP contribution in [-0.4, -0.2) is 43.5 Å². The van der Waals surface area contributed by atoms with Gasteiger partial charge in [0, 0.05) is 11.3 Å². The van der Waals surface area contributed by atoms with E-state index in [0.29, 0.717) is 33.4 Å². The highest BCUT2D eigenvalue weighted by atomic mass is 79.9. The number of nitrogens with zero attached hydrogens (tertiary/aromatic N) is 1. The summed E-state index contributed by atoms with van der Waals surface area (Å²) in [5.41, 5.74) is 4.78. The Balaban J connectivity index is 1.70. The maximum atomic E-state index is 12.7. The average molecular weight is 640 g/mol. The lowest BCUT2D eigenvalue weighted by Crippen LogP contribution is -2.45. The van der Waals surface area contributed by atoms with Crippen molar-refractivity contribution in [2.75, 3.05) is 20.3 Å². The molecule has 1 aliphatic heterocycles. The lowest BCUT2D eigenvalue weighted by Gasteiger charge is -2.30. The highest BCUT2D eigenvalue weighted by Gasteiger charge is 2.32. The van der Waals surface area contributed by atoms with Crippen molar-refractivity contribution in [3.63, 3.8) is 0 Å². The topological polar surface area (TPSA) is 110 Å². The molecule has 1 heterocycles. The standard InChI is InChI=1S/C24H24Br2N4O5S/c1-4-34-23(32)20-13(2)28-24(36)29-21(20)15-7-5-6-8-18(15)35-12-19(31)30-27-11-14-9-16(25)22(33-3)17(26)10-14/h5-11,21H,4,12H2,1-3H3,(H,30,31)(H2,28,29,36)/t21-/m1/s1. The summed E-state index contributed by atoms with van der Waals surface area (Å²) in [4.78, 5) is 25.0. The average Bonchev–Trinajstić information content (AvgIpc) is 2.82. The number of carbonyl (C=O) groups is 2. The zero-order chi connectivity index (χ0) is 26.2. The Labute approximate surface area is 230 Å². The van der Waals surface area contributed by atoms with Crippen LogP contribution >= 0.6 is 44.1 Å². The second-order valence-electron chi connectivity index (χ2n) is 7.43. The van der Waals surface area contributed by atoms with Crippen LogP contribution in [0.3, 0.4) is 0 Å². The molecule has 190 valence electrons. The molecule has 0 spiro atoms. The number of ether oxygens (including phenoxy) is 3. The molecule has 1 atom stereocenters. The maximum absolute atomic E-state index is 12.7. The Kier molecular flexibility index (Phi) is 9.85. The van der Waals surface area contributed by atoms with E-state index in [1.807, 2.05) is 6.07 Å². The predicted molar refractivity (Wildman–Crippen MR) is 147 cm³/mol. The summed E-state index contributed by atoms with van der Waals surface area (Å²) in [7, 11) is 1.57. The largest absolute Gasteiger partial charge is 0.494 e. The first-order chi connectivity index (χ1) is 17.2. The van der Waals surface area contributed by atoms with Gasteiger partial charge in [-0.25, -0.2) is 10.2 Å². The fourth-order valence-electron chi connectivity index (χ4n) is 3.46. The zero-order valence-electron chi connectivity index (χ0n) is 19.7. The second kappa shape index (κ2) is 12.8. The van der Waals surface area contributed by atoms with Crippen molar-refractivity contribution in [1.29, 1.82) is 0 Å². The van der Waals surface area contributed by atoms with Gasteiger partial charge in [0.1, 0.15) is 11.5 Å². The number of hydrogen-bond donors (Lipinski definition) is 3. The van der Waals surface area contributed by atoms with Gasteiger partial charge in [-0.15, -0.1) is 0 Å². The predicted octanol–water partition coefficient (Wildman–Crippen LogP) is 4.11. The van der Waals surface area contributed by atoms with Gasteiger partial charge in [-0.05, 0) is 81.7 Å². The first kappa shape index (κ1) is 27.6. The van der Waals surface area contributed by atoms with Gasteiger partial charge in [-0.3, -0.25) is 4.79 Å². The molecular weight excluding hydrogens is 616 g/mol. The number of para-hydroxylation sites is 1. The van der Waals surface area contributed by atoms with Gasteiger partial charge in [0.25, 0.3) is 5.91 Å². The Morgan fingerprint density at radius 1 is 1.22 bits per heavy atom. The molecule has 12 heteroatoms. The number of rotatable bonds is 9. The number of hydrogen-bond acceptors (Lipinski definition) is 7. The Bertz CT molecular complexity index is 1210. The normalized spacial score (nSPS) is 15.2. The number of thiocarbonyl (C=S) groups is 1. The molecule has 2 aromatic carbocycles. The van der Waals surface area contributed by atoms with E-state index in [0.717, 1.165) is 14.5 Å². The molecule has 1 amide bonds. The number of methoxy groups -OCH3 is 1. The Morgan fingerprint density at radius 2 is 1.92 bits per heavy atom. The summed E-state index contributed by atoms with van der Waals surface area (Å²) in [6.07, 6.45) is 1.50. The third-order valence-corrected chi connectivity index (χ3v) is 6.38. The van der Waals surface area contributed by atoms with Gasteiger partial charge in [-0.2, -0.15) is 5.10 Å². The quantitative estimate of drug-likeness (QED) is 0.163. The number of carbonyl (C=O) groups excluding carboxylic acids is 2. The van der Waals surface area contributed by atoms with Gasteiger partial charge in [0.05, 0.1) is 40.5 Å². The van der Waals surface area contributed by atoms with Crippen LogP contribution in [0.5, 0.6) is 11.5 Å². The third kappa shape index (κ3) is 6.83. The van der Waals surface area contributed by atoms with Crippen LogP contribution in [0.4, 0.5) is 0 Å². The van der Waals surface area contributed by atoms with E-state index in [2.05, 4.69) is 53.0 Å². The summed E-state index contributed by atoms with van der Waals surface area (Å²) >= 11 is 12.1. The summed E-state index contributed by atoms with van der Waals surface area (Å²) in [6, 6.07) is 10.1. The number of hydrazone groups is 1. The van der Waals surface area contributed by atoms with Crippen LogP contribution in [0.2, 0.25) is 0 Å². The van der Waals surface area contributed by atoms with Crippen molar-refractivity contribution in [2.45, 2.75) is 19.9 Å². The summed E-state index contributed by atoms with van der Waals surface area (Å²) in [6.45, 7) is 3.43. The monoisotopic (exact) mass is 638 g/mol. The van der Waals surface area contributed by atoms with Crippen LogP contribution in [0.25, 0.3) is 0 Å². The van der Waals surface area contributed by atoms with E-state index in [1.165, 1.54) is 6.21 Å². The molecule has 1 aliphatic rings. The zero-order valence-corrected chi connectivity index (χ0v) is 23.7. The van der Waals surface area contributed by atoms with Crippen molar-refractivity contribution in [2.24, 2.45) is 5.10 Å². The summed E-state index contributed by atoms with van der Waals surface area (Å²) in [5.74, 6) is 0.139. The minimum atomic E-state index is -0.609. The molecule has 0 unspecified atom stereocenters. The molecule has 3 rings (SSSR count). The van der Waals surface area contributed by atoms with Crippen molar-refractivity contribution in [3.8, 4) is 11.5 Å². The molecule has 0 radical (unpaired) electrons. The number of benzene rings is 2. The molecule has 0 aliphatic carbocycles. The van der Waals surface area contributed by atoms with E-state index < -0.39 is 17.9 Å². The van der Waals surface area contributed by atoms with E-state index in [-0.39, 0.29) is 13.2 Å². The smallest absolute Gasteiger partial charge is 0.338 e. The molecular formula is C24H24Br2N4O5S. The first-order valence-electron chi connectivity index (χ1n) is 10.8. The van der Waals surface area contributed by atoms with Gasteiger partial charge < -0.3 is 24.8 Å². The fourth-order valence-corrected chi connectivity index (χ4v) is 5.28. The van der Waals surface area contributed by atoms with Crippen LogP contribution in [-0.2, 0) is 14.3 Å². The minimum absolute atomic E-state index is 0.232. The van der Waals surface area contributed by atoms with E-state index in [1.54, 1.807) is 51.3 Å². The molecule has 0 fully saturated rings. The highest BCUT2D eigenvalue weighted by molar-refractivity contribution is 9.11. The summed E-state index contributed by atoms with van der Waals surface area (Å²) in [5, 5.41) is 10.4. The van der Waals surface area contributed by atoms with E-state index >= 15 is 0 Å². The van der Waals surface area contributed by atoms with Crippen LogP contribution in [0.15, 0.2) is 61.7 Å². The number of amides is 1. The lowest BCUT2D eigenvalue weighted by molar-refractivity contribution is -0.139. The molecule has 3 N–H and O–H groups in total. The molecule has 0 aromatic heterocycles. The molecule has 36 heavy (non-hydrogen) atoms. The van der Waals surface area contributed by atoms with Crippen molar-refractivity contribution in [3.05, 3.63) is 67.7 Å². The first-order valence-corrected chi connectivity index (χ1v) is 12.8. The SMILES string of the molecule is CCOC(=O)C1=C(C)NC(=S)N[C@@H]1c1ccccc1OCC(=O)NN=Cc1cc(Br)c(OC)c(Br)c1. The van der Waals surface area contributed by atoms with Crippen LogP contribution in [0.1, 0.15) is 31.0 Å². The second-order valence-corrected chi connectivity index (χ2v) is 9.55. The van der Waals surface area contributed by atoms with Crippen LogP contribution in [0, 0.1) is 0 Å². The fraction of sp³-hybridized carbons (Fsp3) is 0.250. The van der Waals surface area contributed by atoms with Crippen molar-refractivity contribution in [1.82, 2.24) is 16.1 Å². The molecule has 2 aromatic rings. The number of halogens is 2. The molecule has 9 nitrogen and oxygen atoms in total. The van der Waals surface area contributed by atoms with Crippen molar-refractivity contribution >= 4 is 67.3 Å². The summed E-state index contributed by atoms with van der Waals surface area (Å²) < 4.78 is 17.8. The highest BCUT2D eigenvalue weighted by Crippen LogP contribution is 2.34. The third-order valence-electron chi connectivity index (χ3n) is 4.98. The van der Waals surface area contributed by atoms with Gasteiger partial charge in [-0.1, -0.05) is 18.2 Å².